The molecule has 3 amide bonds. The highest BCUT2D eigenvalue weighted by Crippen LogP contribution is 2.33. The lowest BCUT2D eigenvalue weighted by atomic mass is 9.84. The predicted octanol–water partition coefficient (Wildman–Crippen LogP) is 6.37. The lowest BCUT2D eigenvalue weighted by Crippen LogP contribution is -2.59. The van der Waals surface area contributed by atoms with E-state index in [2.05, 4.69) is 26.3 Å². The molecule has 3 heterocycles. The zero-order valence-electron chi connectivity index (χ0n) is 41.6. The monoisotopic (exact) mass is 966 g/mol. The molecule has 0 unspecified atom stereocenters. The standard InChI is InChI=1S/C49H75N9O9S/c1-11-32(6)43(53-45(63)39-17-13-14-22-56(39)10)47(64)58(23-15-12-16-36-27-57(55-54-36)28-42(60)61)40(30(2)3)25-41(67-33(7)59)46-52-38(29-68-46)44(62)51-37(26-49(8,9)48(65)66)24-34-18-20-35(21-19-34)50-31(4)5/h18-21,27,29-32,37,39-41,43,50H,11-17,22-26,28H2,1-10H3,(H,51,62)(H,53,63)(H,60,61)(H,65,66)/t32-,37-,39+,40+,41+,43-/m0/s1. The predicted molar refractivity (Wildman–Crippen MR) is 260 cm³/mol. The van der Waals surface area contributed by atoms with Crippen LogP contribution in [0.5, 0.6) is 0 Å². The molecule has 18 nitrogen and oxygen atoms in total. The summed E-state index contributed by atoms with van der Waals surface area (Å²) >= 11 is 1.15. The number of piperidine rings is 1. The highest BCUT2D eigenvalue weighted by molar-refractivity contribution is 7.09. The molecule has 1 fully saturated rings. The summed E-state index contributed by atoms with van der Waals surface area (Å²) in [6.45, 7) is 17.3. The Morgan fingerprint density at radius 2 is 1.71 bits per heavy atom. The van der Waals surface area contributed by atoms with E-state index in [9.17, 15) is 34.2 Å². The van der Waals surface area contributed by atoms with E-state index in [1.54, 1.807) is 30.3 Å². The molecule has 1 aliphatic rings. The fraction of sp³-hybridized carbons (Fsp3) is 0.653. The third-order valence-corrected chi connectivity index (χ3v) is 13.6. The molecule has 4 rings (SSSR count). The molecule has 6 atom stereocenters. The quantitative estimate of drug-likeness (QED) is 0.0413. The summed E-state index contributed by atoms with van der Waals surface area (Å²) in [5.41, 5.74) is 1.42. The molecule has 19 heteroatoms. The summed E-state index contributed by atoms with van der Waals surface area (Å²) < 4.78 is 7.22. The molecular weight excluding hydrogens is 891 g/mol. The van der Waals surface area contributed by atoms with Gasteiger partial charge in [0.25, 0.3) is 5.91 Å². The number of aliphatic carboxylic acids is 2. The molecule has 2 aromatic heterocycles. The fourth-order valence-electron chi connectivity index (χ4n) is 8.62. The number of esters is 1. The number of amides is 3. The van der Waals surface area contributed by atoms with E-state index in [4.69, 9.17) is 9.72 Å². The van der Waals surface area contributed by atoms with Crippen LogP contribution >= 0.6 is 11.3 Å². The number of nitrogens with zero attached hydrogens (tertiary/aromatic N) is 6. The second-order valence-corrected chi connectivity index (χ2v) is 20.5. The number of nitrogens with one attached hydrogen (secondary N) is 3. The van der Waals surface area contributed by atoms with E-state index in [0.717, 1.165) is 42.0 Å². The van der Waals surface area contributed by atoms with Crippen LogP contribution in [0.25, 0.3) is 0 Å². The first-order chi connectivity index (χ1) is 32.1. The second kappa shape index (κ2) is 25.8. The molecule has 1 aromatic carbocycles. The maximum atomic E-state index is 15.1. The molecule has 0 bridgehead atoms. The van der Waals surface area contributed by atoms with Crippen molar-refractivity contribution >= 4 is 52.7 Å². The highest BCUT2D eigenvalue weighted by atomic mass is 32.1. The molecule has 0 saturated carbocycles. The van der Waals surface area contributed by atoms with Gasteiger partial charge in [-0.05, 0) is 116 Å². The molecule has 1 saturated heterocycles. The number of carboxylic acid groups (broad SMARTS) is 2. The van der Waals surface area contributed by atoms with Crippen LogP contribution in [0.4, 0.5) is 5.69 Å². The van der Waals surface area contributed by atoms with Gasteiger partial charge < -0.3 is 35.8 Å². The molecule has 5 N–H and O–H groups in total. The van der Waals surface area contributed by atoms with Crippen LogP contribution in [0, 0.1) is 17.3 Å². The van der Waals surface area contributed by atoms with Crippen molar-refractivity contribution in [3.8, 4) is 0 Å². The number of benzene rings is 1. The number of carbonyl (C=O) groups is 6. The van der Waals surface area contributed by atoms with Crippen molar-refractivity contribution in [2.45, 2.75) is 169 Å². The van der Waals surface area contributed by atoms with E-state index in [1.165, 1.54) is 11.6 Å². The number of aryl methyl sites for hydroxylation is 1. The fourth-order valence-corrected chi connectivity index (χ4v) is 9.46. The maximum Gasteiger partial charge on any atom is 0.325 e. The number of hydrogen-bond acceptors (Lipinski definition) is 13. The number of carbonyl (C=O) groups excluding carboxylic acids is 4. The van der Waals surface area contributed by atoms with E-state index in [0.29, 0.717) is 55.8 Å². The van der Waals surface area contributed by atoms with Crippen molar-refractivity contribution < 1.29 is 43.7 Å². The Bertz CT molecular complexity index is 2140. The van der Waals surface area contributed by atoms with Crippen LogP contribution in [0.3, 0.4) is 0 Å². The van der Waals surface area contributed by atoms with Gasteiger partial charge in [-0.3, -0.25) is 33.7 Å². The minimum atomic E-state index is -1.15. The minimum absolute atomic E-state index is 0.0818. The van der Waals surface area contributed by atoms with E-state index in [1.807, 2.05) is 77.8 Å². The summed E-state index contributed by atoms with van der Waals surface area (Å²) in [6.07, 6.45) is 6.17. The first kappa shape index (κ1) is 55.2. The zero-order valence-corrected chi connectivity index (χ0v) is 42.4. The van der Waals surface area contributed by atoms with Gasteiger partial charge in [0.15, 0.2) is 6.10 Å². The number of likely N-dealkylation sites (tertiary alicyclic amines) is 1. The first-order valence-electron chi connectivity index (χ1n) is 24.0. The number of ether oxygens (including phenoxy) is 1. The average Bonchev–Trinajstić information content (AvgIpc) is 3.94. The van der Waals surface area contributed by atoms with Crippen molar-refractivity contribution in [3.05, 3.63) is 57.8 Å². The zero-order chi connectivity index (χ0) is 50.3. The molecular formula is C49H75N9O9S. The summed E-state index contributed by atoms with van der Waals surface area (Å²) in [7, 11) is 1.93. The number of unbranched alkanes of at least 4 members (excludes halogenated alkanes) is 1. The van der Waals surface area contributed by atoms with Crippen molar-refractivity contribution in [2.75, 3.05) is 25.5 Å². The highest BCUT2D eigenvalue weighted by Gasteiger charge is 2.39. The smallest absolute Gasteiger partial charge is 0.325 e. The van der Waals surface area contributed by atoms with Gasteiger partial charge in [-0.25, -0.2) is 9.67 Å². The molecule has 3 aromatic rings. The SMILES string of the molecule is CC[C@H](C)[C@H](NC(=O)[C@H]1CCCCN1C)C(=O)N(CCCCc1cn(CC(=O)O)nn1)[C@H](C[C@@H](OC(C)=O)c1nc(C(=O)N[C@@H](Cc2ccc(NC(C)C)cc2)CC(C)(C)C(=O)O)cs1)C(C)C. The molecule has 0 spiro atoms. The van der Waals surface area contributed by atoms with E-state index < -0.39 is 53.5 Å². The summed E-state index contributed by atoms with van der Waals surface area (Å²) in [5.74, 6) is -3.91. The largest absolute Gasteiger partial charge is 0.481 e. The van der Waals surface area contributed by atoms with Gasteiger partial charge in [0.1, 0.15) is 23.3 Å². The minimum Gasteiger partial charge on any atom is -0.481 e. The number of likely N-dealkylation sites (N-methyl/N-ethyl adjacent to an activating group) is 1. The summed E-state index contributed by atoms with van der Waals surface area (Å²) in [5, 5.41) is 38.7. The third kappa shape index (κ3) is 16.7. The number of aromatic nitrogens is 4. The van der Waals surface area contributed by atoms with Crippen molar-refractivity contribution in [3.63, 3.8) is 0 Å². The van der Waals surface area contributed by atoms with Gasteiger partial charge >= 0.3 is 17.9 Å². The number of rotatable bonds is 27. The Morgan fingerprint density at radius 1 is 1.00 bits per heavy atom. The Kier molecular flexibility index (Phi) is 20.9. The van der Waals surface area contributed by atoms with Crippen molar-refractivity contribution in [2.24, 2.45) is 17.3 Å². The Hall–Kier alpha value is -5.43. The number of anilines is 1. The maximum absolute atomic E-state index is 15.1. The van der Waals surface area contributed by atoms with E-state index >= 15 is 4.79 Å². The average molecular weight is 966 g/mol. The number of hydrogen-bond donors (Lipinski definition) is 5. The van der Waals surface area contributed by atoms with Crippen LogP contribution in [0.2, 0.25) is 0 Å². The molecule has 1 aliphatic heterocycles. The van der Waals surface area contributed by atoms with Crippen molar-refractivity contribution in [1.29, 1.82) is 0 Å². The molecule has 68 heavy (non-hydrogen) atoms. The van der Waals surface area contributed by atoms with Gasteiger partial charge in [0.2, 0.25) is 11.8 Å². The molecule has 0 aliphatic carbocycles. The normalized spacial score (nSPS) is 16.6. The van der Waals surface area contributed by atoms with Crippen LogP contribution < -0.4 is 16.0 Å². The van der Waals surface area contributed by atoms with Crippen molar-refractivity contribution in [1.82, 2.24) is 40.4 Å². The lowest BCUT2D eigenvalue weighted by molar-refractivity contribution is -0.150. The van der Waals surface area contributed by atoms with Crippen LogP contribution in [-0.4, -0.2) is 126 Å². The number of thiazole rings is 1. The Balaban J connectivity index is 1.63. The van der Waals surface area contributed by atoms with E-state index in [-0.39, 0.29) is 60.8 Å². The molecule has 376 valence electrons. The van der Waals surface area contributed by atoms with Gasteiger partial charge in [-0.15, -0.1) is 16.4 Å². The van der Waals surface area contributed by atoms with Gasteiger partial charge in [0.05, 0.1) is 17.2 Å². The van der Waals surface area contributed by atoms with Gasteiger partial charge in [-0.2, -0.15) is 0 Å². The summed E-state index contributed by atoms with van der Waals surface area (Å²) in [6, 6.07) is 5.78. The Labute approximate surface area is 405 Å². The lowest BCUT2D eigenvalue weighted by Gasteiger charge is -2.40. The van der Waals surface area contributed by atoms with Gasteiger partial charge in [0, 0.05) is 55.3 Å². The van der Waals surface area contributed by atoms with Gasteiger partial charge in [-0.1, -0.05) is 57.9 Å². The Morgan fingerprint density at radius 3 is 2.31 bits per heavy atom. The van der Waals surface area contributed by atoms with Crippen LogP contribution in [0.1, 0.15) is 147 Å². The topological polar surface area (TPSA) is 238 Å². The second-order valence-electron chi connectivity index (χ2n) is 19.6. The summed E-state index contributed by atoms with van der Waals surface area (Å²) in [4.78, 5) is 87.8. The van der Waals surface area contributed by atoms with Crippen LogP contribution in [0.15, 0.2) is 35.8 Å². The third-order valence-electron chi connectivity index (χ3n) is 12.6. The molecule has 0 radical (unpaired) electrons. The number of carboxylic acids is 2. The first-order valence-corrected chi connectivity index (χ1v) is 24.9. The van der Waals surface area contributed by atoms with Crippen LogP contribution in [-0.2, 0) is 48.1 Å².